The van der Waals surface area contributed by atoms with Crippen LogP contribution in [0.4, 0.5) is 0 Å². The minimum Gasteiger partial charge on any atom is -0.417 e. The van der Waals surface area contributed by atoms with Crippen molar-refractivity contribution in [1.29, 1.82) is 0 Å². The van der Waals surface area contributed by atoms with Crippen molar-refractivity contribution in [2.45, 2.75) is 37.8 Å². The van der Waals surface area contributed by atoms with E-state index in [9.17, 15) is 0 Å². The Kier molecular flexibility index (Phi) is 16.9. The molecule has 0 aromatic carbocycles. The van der Waals surface area contributed by atoms with Gasteiger partial charge in [0.05, 0.1) is 0 Å². The molecule has 2 aliphatic heterocycles. The summed E-state index contributed by atoms with van der Waals surface area (Å²) in [4.78, 5) is 0. The Hall–Kier alpha value is 0.788. The van der Waals surface area contributed by atoms with E-state index >= 15 is 0 Å². The van der Waals surface area contributed by atoms with E-state index in [0.717, 1.165) is 32.7 Å². The summed E-state index contributed by atoms with van der Waals surface area (Å²) in [5, 5.41) is 0. The van der Waals surface area contributed by atoms with Crippen LogP contribution in [0.2, 0.25) is 12.1 Å². The quantitative estimate of drug-likeness (QED) is 0.600. The van der Waals surface area contributed by atoms with E-state index in [2.05, 4.69) is 0 Å². The van der Waals surface area contributed by atoms with E-state index in [1.165, 1.54) is 37.8 Å². The third-order valence-electron chi connectivity index (χ3n) is 1.75. The van der Waals surface area contributed by atoms with E-state index < -0.39 is 0 Å². The average Bonchev–Trinajstić information content (AvgIpc) is 2.24. The van der Waals surface area contributed by atoms with Gasteiger partial charge in [-0.05, 0) is 24.9 Å². The van der Waals surface area contributed by atoms with Gasteiger partial charge in [0, 0.05) is 35.1 Å². The highest BCUT2D eigenvalue weighted by Gasteiger charge is 1.98. The Bertz CT molecular complexity index is 62.3. The fourth-order valence-electron chi connectivity index (χ4n) is 1.03. The van der Waals surface area contributed by atoms with Crippen LogP contribution in [0.3, 0.4) is 0 Å². The highest BCUT2D eigenvalue weighted by molar-refractivity contribution is 6.27. The van der Waals surface area contributed by atoms with Gasteiger partial charge in [-0.3, -0.25) is 0 Å². The fourth-order valence-corrected chi connectivity index (χ4v) is 2.69. The lowest BCUT2D eigenvalue weighted by Gasteiger charge is -2.06. The normalized spacial score (nSPS) is 20.6. The SMILES string of the molecule is C1CC[Si]OC1.C1CC[Si]OC1.[Si].[Si]. The molecule has 76 valence electrons. The van der Waals surface area contributed by atoms with Crippen LogP contribution in [0.5, 0.6) is 0 Å². The smallest absolute Gasteiger partial charge is 0.229 e. The van der Waals surface area contributed by atoms with E-state index in [1.807, 2.05) is 0 Å². The van der Waals surface area contributed by atoms with E-state index in [4.69, 9.17) is 8.85 Å². The number of rotatable bonds is 0. The van der Waals surface area contributed by atoms with Crippen molar-refractivity contribution in [3.63, 3.8) is 0 Å². The van der Waals surface area contributed by atoms with Crippen LogP contribution in [0.1, 0.15) is 25.7 Å². The molecule has 2 aliphatic rings. The summed E-state index contributed by atoms with van der Waals surface area (Å²) >= 11 is 0. The van der Waals surface area contributed by atoms with Crippen molar-refractivity contribution in [1.82, 2.24) is 0 Å². The lowest BCUT2D eigenvalue weighted by Crippen LogP contribution is -2.06. The van der Waals surface area contributed by atoms with Gasteiger partial charge in [-0.1, -0.05) is 12.8 Å². The third-order valence-corrected chi connectivity index (χ3v) is 3.69. The molecule has 0 bridgehead atoms. The summed E-state index contributed by atoms with van der Waals surface area (Å²) in [6.45, 7) is 2.02. The van der Waals surface area contributed by atoms with E-state index in [-0.39, 0.29) is 21.9 Å². The molecule has 12 radical (unpaired) electrons. The Morgan fingerprint density at radius 3 is 1.14 bits per heavy atom. The van der Waals surface area contributed by atoms with Gasteiger partial charge in [0.25, 0.3) is 0 Å². The maximum Gasteiger partial charge on any atom is 0.229 e. The molecule has 0 N–H and O–H groups in total. The van der Waals surface area contributed by atoms with Gasteiger partial charge in [-0.15, -0.1) is 0 Å². The van der Waals surface area contributed by atoms with Crippen molar-refractivity contribution < 1.29 is 8.85 Å². The van der Waals surface area contributed by atoms with Gasteiger partial charge < -0.3 is 8.85 Å². The first-order valence-electron chi connectivity index (χ1n) is 4.69. The predicted molar refractivity (Wildman–Crippen MR) is 63.0 cm³/mol. The fraction of sp³-hybridized carbons (Fsp3) is 1.00. The minimum atomic E-state index is 0. The monoisotopic (exact) mass is 256 g/mol. The highest BCUT2D eigenvalue weighted by atomic mass is 28.2. The molecule has 0 aliphatic carbocycles. The third kappa shape index (κ3) is 10.9. The standard InChI is InChI=1S/2C4H8OSi.2Si/c2*1-2-4-6-5-3-1;;/h2*1-4H2;;. The molecule has 0 amide bonds. The van der Waals surface area contributed by atoms with E-state index in [0.29, 0.717) is 0 Å². The molecule has 0 spiro atoms. The molecule has 14 heavy (non-hydrogen) atoms. The lowest BCUT2D eigenvalue weighted by atomic mass is 10.4. The molecule has 0 aromatic rings. The summed E-state index contributed by atoms with van der Waals surface area (Å²) in [5.41, 5.74) is 0. The summed E-state index contributed by atoms with van der Waals surface area (Å²) in [6.07, 6.45) is 5.34. The number of hydrogen-bond donors (Lipinski definition) is 0. The summed E-state index contributed by atoms with van der Waals surface area (Å²) in [6, 6.07) is 2.61. The van der Waals surface area contributed by atoms with Gasteiger partial charge >= 0.3 is 0 Å². The largest absolute Gasteiger partial charge is 0.417 e. The predicted octanol–water partition coefficient (Wildman–Crippen LogP) is 0.907. The minimum absolute atomic E-state index is 0. The zero-order valence-corrected chi connectivity index (χ0v) is 12.5. The highest BCUT2D eigenvalue weighted by Crippen LogP contribution is 2.01. The maximum atomic E-state index is 5.10. The Morgan fingerprint density at radius 1 is 0.643 bits per heavy atom. The first kappa shape index (κ1) is 17.2. The second-order valence-electron chi connectivity index (χ2n) is 2.90. The van der Waals surface area contributed by atoms with Gasteiger partial charge in [-0.2, -0.15) is 0 Å². The molecule has 2 nitrogen and oxygen atoms in total. The summed E-state index contributed by atoms with van der Waals surface area (Å²) in [7, 11) is 1.60. The second kappa shape index (κ2) is 13.8. The van der Waals surface area contributed by atoms with Crippen molar-refractivity contribution >= 4 is 41.5 Å². The van der Waals surface area contributed by atoms with Crippen LogP contribution in [-0.2, 0) is 8.85 Å². The van der Waals surface area contributed by atoms with Crippen LogP contribution in [0.25, 0.3) is 0 Å². The zero-order valence-electron chi connectivity index (χ0n) is 8.47. The average molecular weight is 257 g/mol. The van der Waals surface area contributed by atoms with Crippen LogP contribution in [-0.4, -0.2) is 54.7 Å². The first-order chi connectivity index (χ1) is 6.00. The molecule has 0 atom stereocenters. The topological polar surface area (TPSA) is 18.5 Å². The molecule has 0 aromatic heterocycles. The molecule has 0 saturated carbocycles. The molecule has 2 rings (SSSR count). The lowest BCUT2D eigenvalue weighted by molar-refractivity contribution is 0.304. The summed E-state index contributed by atoms with van der Waals surface area (Å²) in [5.74, 6) is 0. The van der Waals surface area contributed by atoms with Gasteiger partial charge in [0.1, 0.15) is 0 Å². The Balaban J connectivity index is 0. The maximum absolute atomic E-state index is 5.10. The van der Waals surface area contributed by atoms with Gasteiger partial charge in [-0.25, -0.2) is 0 Å². The zero-order chi connectivity index (χ0) is 8.49. The Labute approximate surface area is 101 Å². The second-order valence-corrected chi connectivity index (χ2v) is 5.05. The Morgan fingerprint density at radius 2 is 1.07 bits per heavy atom. The van der Waals surface area contributed by atoms with Gasteiger partial charge in [0.15, 0.2) is 0 Å². The molecule has 2 heterocycles. The van der Waals surface area contributed by atoms with Crippen molar-refractivity contribution in [3.05, 3.63) is 0 Å². The summed E-state index contributed by atoms with van der Waals surface area (Å²) < 4.78 is 10.2. The van der Waals surface area contributed by atoms with E-state index in [1.54, 1.807) is 0 Å². The van der Waals surface area contributed by atoms with Crippen molar-refractivity contribution in [2.24, 2.45) is 0 Å². The molecular weight excluding hydrogens is 240 g/mol. The van der Waals surface area contributed by atoms with Crippen molar-refractivity contribution in [3.8, 4) is 0 Å². The van der Waals surface area contributed by atoms with Crippen LogP contribution < -0.4 is 0 Å². The first-order valence-corrected chi connectivity index (χ1v) is 6.92. The van der Waals surface area contributed by atoms with Gasteiger partial charge in [0.2, 0.25) is 19.5 Å². The molecule has 2 fully saturated rings. The molecule has 0 unspecified atom stereocenters. The molecule has 6 heteroatoms. The molecular formula is C8H16O2Si4. The van der Waals surface area contributed by atoms with Crippen molar-refractivity contribution in [2.75, 3.05) is 13.2 Å². The van der Waals surface area contributed by atoms with Crippen LogP contribution >= 0.6 is 0 Å². The molecule has 2 saturated heterocycles. The number of hydrogen-bond acceptors (Lipinski definition) is 2. The van der Waals surface area contributed by atoms with Crippen LogP contribution in [0, 0.1) is 0 Å². The van der Waals surface area contributed by atoms with Crippen LogP contribution in [0.15, 0.2) is 0 Å².